The van der Waals surface area contributed by atoms with E-state index in [1.165, 1.54) is 25.2 Å². The monoisotopic (exact) mass is 341 g/mol. The number of rotatable bonds is 6. The molecular weight excluding hydrogens is 327 g/mol. The third kappa shape index (κ3) is 4.67. The summed E-state index contributed by atoms with van der Waals surface area (Å²) in [6, 6.07) is 2.60. The molecule has 7 heteroatoms. The molecule has 0 aliphatic rings. The lowest BCUT2D eigenvalue weighted by molar-refractivity contribution is -0.156. The zero-order chi connectivity index (χ0) is 14.5. The first-order valence-corrected chi connectivity index (χ1v) is 6.34. The molecule has 0 fully saturated rings. The van der Waals surface area contributed by atoms with Crippen molar-refractivity contribution in [2.75, 3.05) is 27.4 Å². The highest BCUT2D eigenvalue weighted by atomic mass is 79.9. The molecule has 0 spiro atoms. The second kappa shape index (κ2) is 7.12. The lowest BCUT2D eigenvalue weighted by Gasteiger charge is -2.20. The second-order valence-electron chi connectivity index (χ2n) is 3.79. The predicted octanol–water partition coefficient (Wildman–Crippen LogP) is 3.30. The van der Waals surface area contributed by atoms with Crippen molar-refractivity contribution in [2.24, 2.45) is 0 Å². The van der Waals surface area contributed by atoms with Gasteiger partial charge in [-0.2, -0.15) is 13.2 Å². The van der Waals surface area contributed by atoms with E-state index in [0.29, 0.717) is 23.4 Å². The Bertz CT molecular complexity index is 412. The Morgan fingerprint density at radius 1 is 1.32 bits per heavy atom. The van der Waals surface area contributed by atoms with E-state index in [2.05, 4.69) is 21.2 Å². The number of nitrogens with one attached hydrogen (secondary N) is 1. The molecular formula is C12H15BrF3NO2. The molecule has 0 bridgehead atoms. The number of hydrogen-bond donors (Lipinski definition) is 1. The molecule has 0 heterocycles. The van der Waals surface area contributed by atoms with E-state index in [1.54, 1.807) is 7.11 Å². The summed E-state index contributed by atoms with van der Waals surface area (Å²) < 4.78 is 48.9. The number of benzene rings is 1. The van der Waals surface area contributed by atoms with Gasteiger partial charge in [-0.05, 0) is 40.7 Å². The zero-order valence-corrected chi connectivity index (χ0v) is 12.1. The molecule has 0 aromatic heterocycles. The predicted molar refractivity (Wildman–Crippen MR) is 69.4 cm³/mol. The van der Waals surface area contributed by atoms with Gasteiger partial charge in [-0.1, -0.05) is 6.07 Å². The van der Waals surface area contributed by atoms with Gasteiger partial charge in [0.05, 0.1) is 11.1 Å². The van der Waals surface area contributed by atoms with Gasteiger partial charge in [0.2, 0.25) is 0 Å². The fraction of sp³-hybridized carbons (Fsp3) is 0.500. The van der Waals surface area contributed by atoms with Crippen molar-refractivity contribution in [3.05, 3.63) is 28.2 Å². The van der Waals surface area contributed by atoms with Crippen molar-refractivity contribution >= 4 is 15.9 Å². The number of alkyl halides is 3. The van der Waals surface area contributed by atoms with Gasteiger partial charge < -0.3 is 14.8 Å². The summed E-state index contributed by atoms with van der Waals surface area (Å²) in [5.74, 6) is 0.484. The third-order valence-electron chi connectivity index (χ3n) is 2.45. The molecule has 0 radical (unpaired) electrons. The van der Waals surface area contributed by atoms with Crippen LogP contribution < -0.4 is 10.1 Å². The average Bonchev–Trinajstić information content (AvgIpc) is 2.31. The van der Waals surface area contributed by atoms with Crippen LogP contribution in [-0.2, 0) is 4.74 Å². The van der Waals surface area contributed by atoms with Crippen molar-refractivity contribution in [3.63, 3.8) is 0 Å². The third-order valence-corrected chi connectivity index (χ3v) is 3.07. The van der Waals surface area contributed by atoms with Gasteiger partial charge in [-0.3, -0.25) is 0 Å². The van der Waals surface area contributed by atoms with Crippen molar-refractivity contribution in [3.8, 4) is 5.75 Å². The van der Waals surface area contributed by atoms with Gasteiger partial charge in [-0.25, -0.2) is 0 Å². The Kier molecular flexibility index (Phi) is 6.09. The molecule has 1 rings (SSSR count). The topological polar surface area (TPSA) is 30.5 Å². The molecule has 0 aliphatic carbocycles. The van der Waals surface area contributed by atoms with Crippen molar-refractivity contribution < 1.29 is 22.6 Å². The van der Waals surface area contributed by atoms with E-state index in [9.17, 15) is 13.2 Å². The van der Waals surface area contributed by atoms with E-state index in [4.69, 9.17) is 9.47 Å². The molecule has 108 valence electrons. The highest BCUT2D eigenvalue weighted by Gasteiger charge is 2.39. The van der Waals surface area contributed by atoms with Crippen LogP contribution in [0.5, 0.6) is 5.75 Å². The highest BCUT2D eigenvalue weighted by Crippen LogP contribution is 2.35. The number of hydrogen-bond acceptors (Lipinski definition) is 3. The molecule has 1 atom stereocenters. The van der Waals surface area contributed by atoms with E-state index in [-0.39, 0.29) is 5.56 Å². The van der Waals surface area contributed by atoms with E-state index in [1.807, 2.05) is 0 Å². The molecule has 0 aliphatic heterocycles. The van der Waals surface area contributed by atoms with Crippen LogP contribution in [0.1, 0.15) is 11.6 Å². The molecule has 19 heavy (non-hydrogen) atoms. The highest BCUT2D eigenvalue weighted by molar-refractivity contribution is 9.10. The van der Waals surface area contributed by atoms with Gasteiger partial charge in [0.1, 0.15) is 18.4 Å². The van der Waals surface area contributed by atoms with Crippen LogP contribution in [-0.4, -0.2) is 33.5 Å². The van der Waals surface area contributed by atoms with Crippen LogP contribution in [0.2, 0.25) is 0 Å². The Morgan fingerprint density at radius 3 is 2.47 bits per heavy atom. The standard InChI is InChI=1S/C12H15BrF3NO2/c1-17-11(12(14,15)16)8-3-4-10(9(13)7-8)19-6-5-18-2/h3-4,7,11,17H,5-6H2,1-2H3. The van der Waals surface area contributed by atoms with Crippen LogP contribution in [0, 0.1) is 0 Å². The van der Waals surface area contributed by atoms with E-state index in [0.717, 1.165) is 0 Å². The Morgan fingerprint density at radius 2 is 2.00 bits per heavy atom. The molecule has 1 N–H and O–H groups in total. The Balaban J connectivity index is 2.86. The number of methoxy groups -OCH3 is 1. The minimum absolute atomic E-state index is 0.126. The summed E-state index contributed by atoms with van der Waals surface area (Å²) in [6.07, 6.45) is -4.34. The maximum absolute atomic E-state index is 12.8. The average molecular weight is 342 g/mol. The summed E-state index contributed by atoms with van der Waals surface area (Å²) in [7, 11) is 2.82. The van der Waals surface area contributed by atoms with Crippen LogP contribution in [0.3, 0.4) is 0 Å². The van der Waals surface area contributed by atoms with Crippen LogP contribution in [0.15, 0.2) is 22.7 Å². The first-order chi connectivity index (χ1) is 8.90. The summed E-state index contributed by atoms with van der Waals surface area (Å²) in [4.78, 5) is 0. The van der Waals surface area contributed by atoms with Crippen LogP contribution in [0.4, 0.5) is 13.2 Å². The Labute approximate surface area is 118 Å². The molecule has 1 aromatic carbocycles. The van der Waals surface area contributed by atoms with Crippen LogP contribution >= 0.6 is 15.9 Å². The molecule has 0 saturated carbocycles. The Hall–Kier alpha value is -0.790. The van der Waals surface area contributed by atoms with Crippen LogP contribution in [0.25, 0.3) is 0 Å². The maximum Gasteiger partial charge on any atom is 0.407 e. The molecule has 0 saturated heterocycles. The first kappa shape index (κ1) is 16.3. The van der Waals surface area contributed by atoms with Gasteiger partial charge in [0.25, 0.3) is 0 Å². The summed E-state index contributed by atoms with van der Waals surface area (Å²) in [5, 5.41) is 2.25. The number of ether oxygens (including phenoxy) is 2. The molecule has 1 unspecified atom stereocenters. The quantitative estimate of drug-likeness (QED) is 0.805. The zero-order valence-electron chi connectivity index (χ0n) is 10.6. The van der Waals surface area contributed by atoms with Crippen molar-refractivity contribution in [2.45, 2.75) is 12.2 Å². The second-order valence-corrected chi connectivity index (χ2v) is 4.65. The SMILES string of the molecule is CNC(c1ccc(OCCOC)c(Br)c1)C(F)(F)F. The summed E-state index contributed by atoms with van der Waals surface area (Å²) in [6.45, 7) is 0.749. The smallest absolute Gasteiger partial charge is 0.407 e. The van der Waals surface area contributed by atoms with Crippen molar-refractivity contribution in [1.82, 2.24) is 5.32 Å². The molecule has 0 amide bonds. The summed E-state index contributed by atoms with van der Waals surface area (Å²) >= 11 is 3.20. The lowest BCUT2D eigenvalue weighted by Crippen LogP contribution is -2.31. The van der Waals surface area contributed by atoms with Crippen molar-refractivity contribution in [1.29, 1.82) is 0 Å². The summed E-state index contributed by atoms with van der Waals surface area (Å²) in [5.41, 5.74) is 0.126. The minimum atomic E-state index is -4.34. The lowest BCUT2D eigenvalue weighted by atomic mass is 10.1. The van der Waals surface area contributed by atoms with Gasteiger partial charge in [-0.15, -0.1) is 0 Å². The van der Waals surface area contributed by atoms with Gasteiger partial charge >= 0.3 is 6.18 Å². The molecule has 3 nitrogen and oxygen atoms in total. The largest absolute Gasteiger partial charge is 0.490 e. The van der Waals surface area contributed by atoms with E-state index < -0.39 is 12.2 Å². The van der Waals surface area contributed by atoms with Gasteiger partial charge in [0.15, 0.2) is 0 Å². The fourth-order valence-electron chi connectivity index (χ4n) is 1.57. The normalized spacial score (nSPS) is 13.4. The minimum Gasteiger partial charge on any atom is -0.490 e. The maximum atomic E-state index is 12.8. The molecule has 1 aromatic rings. The fourth-order valence-corrected chi connectivity index (χ4v) is 2.08. The first-order valence-electron chi connectivity index (χ1n) is 5.55. The number of halogens is 4. The van der Waals surface area contributed by atoms with Gasteiger partial charge in [0, 0.05) is 7.11 Å². The van der Waals surface area contributed by atoms with E-state index >= 15 is 0 Å².